The molecule has 2 N–H and O–H groups in total. The van der Waals surface area contributed by atoms with Gasteiger partial charge in [0.2, 0.25) is 5.91 Å². The standard InChI is InChI=1S/C22H33N5O2/c1-16(2)23-18-10-13-26(14-11-18)15-12-20(28)24-21-17(3)25(4)27(22(21)29)19-8-6-5-7-9-19/h5-9,16,18,23H,10-15H2,1-4H3,(H,24,28). The fourth-order valence-corrected chi connectivity index (χ4v) is 3.97. The van der Waals surface area contributed by atoms with Gasteiger partial charge in [-0.2, -0.15) is 0 Å². The van der Waals surface area contributed by atoms with Crippen molar-refractivity contribution in [1.29, 1.82) is 0 Å². The van der Waals surface area contributed by atoms with Crippen LogP contribution in [0.15, 0.2) is 35.1 Å². The third-order valence-electron chi connectivity index (χ3n) is 5.63. The Morgan fingerprint density at radius 2 is 1.83 bits per heavy atom. The van der Waals surface area contributed by atoms with Crippen molar-refractivity contribution < 1.29 is 4.79 Å². The van der Waals surface area contributed by atoms with Gasteiger partial charge in [0.1, 0.15) is 5.69 Å². The van der Waals surface area contributed by atoms with E-state index in [1.54, 1.807) is 9.36 Å². The van der Waals surface area contributed by atoms with E-state index in [0.717, 1.165) is 43.9 Å². The van der Waals surface area contributed by atoms with E-state index in [9.17, 15) is 9.59 Å². The van der Waals surface area contributed by atoms with Crippen molar-refractivity contribution in [3.05, 3.63) is 46.4 Å². The number of carbonyl (C=O) groups is 1. The molecule has 158 valence electrons. The molecule has 1 aromatic carbocycles. The molecule has 1 aliphatic heterocycles. The zero-order valence-corrected chi connectivity index (χ0v) is 17.9. The second-order valence-corrected chi connectivity index (χ2v) is 8.17. The number of likely N-dealkylation sites (tertiary alicyclic amines) is 1. The SMILES string of the molecule is Cc1c(NC(=O)CCN2CCC(NC(C)C)CC2)c(=O)n(-c2ccccc2)n1C. The van der Waals surface area contributed by atoms with Crippen LogP contribution in [0.4, 0.5) is 5.69 Å². The van der Waals surface area contributed by atoms with E-state index in [-0.39, 0.29) is 11.5 Å². The molecule has 1 saturated heterocycles. The number of carbonyl (C=O) groups excluding carboxylic acids is 1. The molecule has 0 spiro atoms. The highest BCUT2D eigenvalue weighted by molar-refractivity contribution is 5.91. The lowest BCUT2D eigenvalue weighted by Gasteiger charge is -2.33. The van der Waals surface area contributed by atoms with Gasteiger partial charge in [-0.15, -0.1) is 0 Å². The topological polar surface area (TPSA) is 71.3 Å². The maximum atomic E-state index is 12.9. The fourth-order valence-electron chi connectivity index (χ4n) is 3.97. The Balaban J connectivity index is 1.57. The van der Waals surface area contributed by atoms with Crippen molar-refractivity contribution >= 4 is 11.6 Å². The lowest BCUT2D eigenvalue weighted by atomic mass is 10.0. The van der Waals surface area contributed by atoms with E-state index in [4.69, 9.17) is 0 Å². The molecule has 1 aliphatic rings. The first kappa shape index (κ1) is 21.3. The molecular weight excluding hydrogens is 366 g/mol. The Morgan fingerprint density at radius 3 is 2.45 bits per heavy atom. The molecule has 0 aliphatic carbocycles. The molecule has 1 fully saturated rings. The Kier molecular flexibility index (Phi) is 6.92. The van der Waals surface area contributed by atoms with Crippen molar-refractivity contribution in [2.24, 2.45) is 7.05 Å². The smallest absolute Gasteiger partial charge is 0.295 e. The molecule has 2 aromatic rings. The molecule has 0 radical (unpaired) electrons. The molecule has 2 heterocycles. The third kappa shape index (κ3) is 5.16. The van der Waals surface area contributed by atoms with Crippen molar-refractivity contribution in [3.8, 4) is 5.69 Å². The number of hydrogen-bond donors (Lipinski definition) is 2. The molecular formula is C22H33N5O2. The summed E-state index contributed by atoms with van der Waals surface area (Å²) in [5, 5.41) is 6.44. The first-order valence-corrected chi connectivity index (χ1v) is 10.5. The normalized spacial score (nSPS) is 15.8. The number of benzene rings is 1. The fraction of sp³-hybridized carbons (Fsp3) is 0.545. The van der Waals surface area contributed by atoms with Crippen LogP contribution in [0.25, 0.3) is 5.69 Å². The second-order valence-electron chi connectivity index (χ2n) is 8.17. The van der Waals surface area contributed by atoms with Gasteiger partial charge in [0, 0.05) is 32.1 Å². The summed E-state index contributed by atoms with van der Waals surface area (Å²) in [6, 6.07) is 10.5. The first-order valence-electron chi connectivity index (χ1n) is 10.5. The van der Waals surface area contributed by atoms with Crippen LogP contribution in [-0.2, 0) is 11.8 Å². The molecule has 29 heavy (non-hydrogen) atoms. The molecule has 1 aromatic heterocycles. The van der Waals surface area contributed by atoms with Crippen molar-refractivity contribution in [2.75, 3.05) is 25.0 Å². The highest BCUT2D eigenvalue weighted by Crippen LogP contribution is 2.15. The predicted molar refractivity (Wildman–Crippen MR) is 117 cm³/mol. The number of amides is 1. The average Bonchev–Trinajstić information content (AvgIpc) is 2.91. The second kappa shape index (κ2) is 9.41. The third-order valence-corrected chi connectivity index (χ3v) is 5.63. The number of rotatable bonds is 7. The largest absolute Gasteiger partial charge is 0.320 e. The Morgan fingerprint density at radius 1 is 1.17 bits per heavy atom. The van der Waals surface area contributed by atoms with E-state index in [2.05, 4.69) is 29.4 Å². The highest BCUT2D eigenvalue weighted by atomic mass is 16.2. The van der Waals surface area contributed by atoms with Crippen LogP contribution in [0.3, 0.4) is 0 Å². The summed E-state index contributed by atoms with van der Waals surface area (Å²) in [6.07, 6.45) is 2.61. The van der Waals surface area contributed by atoms with E-state index < -0.39 is 0 Å². The number of aromatic nitrogens is 2. The maximum absolute atomic E-state index is 12.9. The molecule has 0 bridgehead atoms. The molecule has 3 rings (SSSR count). The van der Waals surface area contributed by atoms with Gasteiger partial charge >= 0.3 is 0 Å². The van der Waals surface area contributed by atoms with Gasteiger partial charge in [0.15, 0.2) is 0 Å². The number of hydrogen-bond acceptors (Lipinski definition) is 4. The Hall–Kier alpha value is -2.38. The van der Waals surface area contributed by atoms with Gasteiger partial charge in [-0.3, -0.25) is 14.3 Å². The lowest BCUT2D eigenvalue weighted by Crippen LogP contribution is -2.45. The van der Waals surface area contributed by atoms with Crippen molar-refractivity contribution in [1.82, 2.24) is 19.6 Å². The van der Waals surface area contributed by atoms with Crippen molar-refractivity contribution in [2.45, 2.75) is 52.1 Å². The zero-order chi connectivity index (χ0) is 21.0. The van der Waals surface area contributed by atoms with E-state index >= 15 is 0 Å². The van der Waals surface area contributed by atoms with Gasteiger partial charge in [-0.1, -0.05) is 32.0 Å². The molecule has 1 amide bonds. The summed E-state index contributed by atoms with van der Waals surface area (Å²) >= 11 is 0. The van der Waals surface area contributed by atoms with Gasteiger partial charge in [0.05, 0.1) is 11.4 Å². The molecule has 0 atom stereocenters. The van der Waals surface area contributed by atoms with Crippen molar-refractivity contribution in [3.63, 3.8) is 0 Å². The molecule has 0 saturated carbocycles. The Labute approximate surface area is 172 Å². The van der Waals surface area contributed by atoms with E-state index in [0.29, 0.717) is 24.2 Å². The lowest BCUT2D eigenvalue weighted by molar-refractivity contribution is -0.116. The number of nitrogens with one attached hydrogen (secondary N) is 2. The average molecular weight is 400 g/mol. The van der Waals surface area contributed by atoms with Gasteiger partial charge in [0.25, 0.3) is 5.56 Å². The highest BCUT2D eigenvalue weighted by Gasteiger charge is 2.21. The van der Waals surface area contributed by atoms with Crippen LogP contribution >= 0.6 is 0 Å². The number of para-hydroxylation sites is 1. The summed E-state index contributed by atoms with van der Waals surface area (Å²) in [6.45, 7) is 8.93. The molecule has 7 heteroatoms. The van der Waals surface area contributed by atoms with Gasteiger partial charge < -0.3 is 15.5 Å². The van der Waals surface area contributed by atoms with Crippen LogP contribution in [-0.4, -0.2) is 51.9 Å². The minimum absolute atomic E-state index is 0.113. The predicted octanol–water partition coefficient (Wildman–Crippen LogP) is 2.28. The summed E-state index contributed by atoms with van der Waals surface area (Å²) in [5.41, 5.74) is 1.68. The Bertz CT molecular complexity index is 877. The van der Waals surface area contributed by atoms with Gasteiger partial charge in [-0.05, 0) is 45.0 Å². The zero-order valence-electron chi connectivity index (χ0n) is 17.9. The molecule has 7 nitrogen and oxygen atoms in total. The van der Waals surface area contributed by atoms with Crippen LogP contribution in [0.1, 0.15) is 38.8 Å². The van der Waals surface area contributed by atoms with Crippen LogP contribution < -0.4 is 16.2 Å². The quantitative estimate of drug-likeness (QED) is 0.749. The van der Waals surface area contributed by atoms with E-state index in [1.807, 2.05) is 44.3 Å². The van der Waals surface area contributed by atoms with Gasteiger partial charge in [-0.25, -0.2) is 4.68 Å². The first-order chi connectivity index (χ1) is 13.9. The number of nitrogens with zero attached hydrogens (tertiary/aromatic N) is 3. The summed E-state index contributed by atoms with van der Waals surface area (Å²) in [7, 11) is 1.83. The van der Waals surface area contributed by atoms with Crippen LogP contribution in [0.2, 0.25) is 0 Å². The summed E-state index contributed by atoms with van der Waals surface area (Å²) in [4.78, 5) is 27.7. The number of piperidine rings is 1. The van der Waals surface area contributed by atoms with Crippen LogP contribution in [0, 0.1) is 6.92 Å². The van der Waals surface area contributed by atoms with Crippen LogP contribution in [0.5, 0.6) is 0 Å². The minimum atomic E-state index is -0.204. The minimum Gasteiger partial charge on any atom is -0.320 e. The summed E-state index contributed by atoms with van der Waals surface area (Å²) < 4.78 is 3.36. The monoisotopic (exact) mass is 399 g/mol. The maximum Gasteiger partial charge on any atom is 0.295 e. The number of anilines is 1. The van der Waals surface area contributed by atoms with E-state index in [1.165, 1.54) is 0 Å². The summed E-state index contributed by atoms with van der Waals surface area (Å²) in [5.74, 6) is -0.113. The molecule has 0 unspecified atom stereocenters.